The number of hydrogen-bond acceptors (Lipinski definition) is 10. The molecule has 0 bridgehead atoms. The first kappa shape index (κ1) is 34.1. The Morgan fingerprint density at radius 2 is 1.19 bits per heavy atom. The van der Waals surface area contributed by atoms with E-state index in [1.165, 1.54) is 30.5 Å². The number of carbonyl (C=O) groups is 2. The van der Waals surface area contributed by atoms with E-state index in [0.717, 1.165) is 35.2 Å². The molecule has 1 fully saturated rings. The lowest BCUT2D eigenvalue weighted by atomic mass is 10.1. The molecule has 0 radical (unpaired) electrons. The summed E-state index contributed by atoms with van der Waals surface area (Å²) >= 11 is 0. The van der Waals surface area contributed by atoms with Gasteiger partial charge in [-0.25, -0.2) is 19.2 Å². The van der Waals surface area contributed by atoms with Crippen molar-refractivity contribution in [2.24, 2.45) is 5.92 Å². The van der Waals surface area contributed by atoms with Gasteiger partial charge in [0.2, 0.25) is 5.91 Å². The summed E-state index contributed by atoms with van der Waals surface area (Å²) in [5, 5.41) is 8.10. The van der Waals surface area contributed by atoms with Crippen LogP contribution in [0.4, 0.5) is 26.5 Å². The smallest absolute Gasteiger partial charge is 0.309 e. The predicted molar refractivity (Wildman–Crippen MR) is 197 cm³/mol. The molecule has 260 valence electrons. The maximum atomic E-state index is 13.0. The molecule has 0 unspecified atom stereocenters. The Hall–Kier alpha value is -7.35. The molecule has 0 aliphatic heterocycles. The van der Waals surface area contributed by atoms with Gasteiger partial charge in [0.15, 0.2) is 11.6 Å². The van der Waals surface area contributed by atoms with Crippen LogP contribution in [0.1, 0.15) is 12.8 Å². The quantitative estimate of drug-likeness (QED) is 0.145. The fourth-order valence-corrected chi connectivity index (χ4v) is 5.11. The van der Waals surface area contributed by atoms with Crippen LogP contribution in [0.2, 0.25) is 0 Å². The number of rotatable bonds is 8. The highest BCUT2D eigenvalue weighted by Crippen LogP contribution is 2.32. The van der Waals surface area contributed by atoms with Gasteiger partial charge in [0, 0.05) is 71.7 Å². The van der Waals surface area contributed by atoms with Crippen LogP contribution in [0.25, 0.3) is 45.2 Å². The van der Waals surface area contributed by atoms with Crippen molar-refractivity contribution in [3.05, 3.63) is 140 Å². The molecule has 0 atom stereocenters. The van der Waals surface area contributed by atoms with Crippen LogP contribution in [0.15, 0.2) is 135 Å². The van der Waals surface area contributed by atoms with Crippen LogP contribution in [0, 0.1) is 11.7 Å². The number of nitrogens with zero attached hydrogens (tertiary/aromatic N) is 8. The van der Waals surface area contributed by atoms with Gasteiger partial charge in [0.05, 0.1) is 29.5 Å². The van der Waals surface area contributed by atoms with Gasteiger partial charge in [0.1, 0.15) is 17.2 Å². The minimum Gasteiger partial charge on any atom is -0.309 e. The number of hydrogen-bond donors (Lipinski definition) is 3. The lowest BCUT2D eigenvalue weighted by molar-refractivity contribution is -0.117. The second-order valence-corrected chi connectivity index (χ2v) is 11.7. The zero-order valence-corrected chi connectivity index (χ0v) is 28.0. The molecule has 0 saturated heterocycles. The first-order valence-electron chi connectivity index (χ1n) is 16.5. The molecule has 1 aromatic carbocycles. The van der Waals surface area contributed by atoms with Gasteiger partial charge in [-0.05, 0) is 85.6 Å². The third kappa shape index (κ3) is 8.88. The lowest BCUT2D eigenvalue weighted by Gasteiger charge is -2.11. The molecule has 1 saturated carbocycles. The number of benzene rings is 1. The Morgan fingerprint density at radius 1 is 0.547 bits per heavy atom. The second-order valence-electron chi connectivity index (χ2n) is 11.7. The van der Waals surface area contributed by atoms with Crippen molar-refractivity contribution < 1.29 is 14.0 Å². The van der Waals surface area contributed by atoms with E-state index < -0.39 is 6.03 Å². The van der Waals surface area contributed by atoms with Crippen molar-refractivity contribution in [3.63, 3.8) is 0 Å². The van der Waals surface area contributed by atoms with Crippen LogP contribution >= 0.6 is 0 Å². The zero-order chi connectivity index (χ0) is 36.4. The average Bonchev–Trinajstić information content (AvgIpc) is 4.07. The van der Waals surface area contributed by atoms with E-state index in [1.54, 1.807) is 55.6 Å². The number of carbonyl (C=O) groups excluding carboxylic acids is 2. The molecule has 1 aliphatic carbocycles. The number of nitrogens with one attached hydrogen (secondary N) is 3. The molecule has 13 nitrogen and oxygen atoms in total. The van der Waals surface area contributed by atoms with Gasteiger partial charge in [-0.15, -0.1) is 0 Å². The maximum absolute atomic E-state index is 13.0. The van der Waals surface area contributed by atoms with Crippen LogP contribution in [-0.2, 0) is 4.79 Å². The normalized spacial score (nSPS) is 11.8. The third-order valence-corrected chi connectivity index (χ3v) is 7.84. The van der Waals surface area contributed by atoms with E-state index in [0.29, 0.717) is 34.3 Å². The van der Waals surface area contributed by atoms with Crippen LogP contribution in [0.3, 0.4) is 0 Å². The molecular formula is C39H30FN11O2. The standard InChI is InChI=1S/C21H15FN6O.C18H15N5O/c22-15-4-6-16(7-5-15)26-21(29)28-18-13-25-19(14-8-11-23-12-9-14)20(27-18)17-3-1-2-10-24-17;24-18(13-3-4-13)23-15-11-21-16(12-5-8-19-9-6-12)17(22-15)14-2-1-7-20-10-14/h1-13H,(H2,26,27,28,29);1-2,5-11,13H,3-4H2,(H,22,23,24). The minimum absolute atomic E-state index is 0.0121. The van der Waals surface area contributed by atoms with Crippen molar-refractivity contribution in [1.82, 2.24) is 39.9 Å². The molecule has 14 heteroatoms. The van der Waals surface area contributed by atoms with Crippen LogP contribution in [-0.4, -0.2) is 51.8 Å². The number of anilines is 3. The molecule has 1 aliphatic rings. The van der Waals surface area contributed by atoms with Crippen molar-refractivity contribution in [2.45, 2.75) is 12.8 Å². The van der Waals surface area contributed by atoms with Gasteiger partial charge in [-0.3, -0.25) is 40.0 Å². The van der Waals surface area contributed by atoms with E-state index in [2.05, 4.69) is 55.8 Å². The predicted octanol–water partition coefficient (Wildman–Crippen LogP) is 7.33. The van der Waals surface area contributed by atoms with E-state index in [9.17, 15) is 14.0 Å². The summed E-state index contributed by atoms with van der Waals surface area (Å²) in [5.74, 6) is 0.465. The van der Waals surface area contributed by atoms with Gasteiger partial charge in [-0.1, -0.05) is 6.07 Å². The highest BCUT2D eigenvalue weighted by atomic mass is 19.1. The summed E-state index contributed by atoms with van der Waals surface area (Å²) in [4.78, 5) is 59.0. The fraction of sp³-hybridized carbons (Fsp3) is 0.0769. The summed E-state index contributed by atoms with van der Waals surface area (Å²) in [7, 11) is 0. The zero-order valence-electron chi connectivity index (χ0n) is 28.0. The van der Waals surface area contributed by atoms with E-state index >= 15 is 0 Å². The van der Waals surface area contributed by atoms with Crippen LogP contribution in [0.5, 0.6) is 0 Å². The average molecular weight is 704 g/mol. The van der Waals surface area contributed by atoms with Crippen molar-refractivity contribution in [3.8, 4) is 45.2 Å². The Labute approximate surface area is 302 Å². The molecule has 8 rings (SSSR count). The maximum Gasteiger partial charge on any atom is 0.324 e. The molecule has 0 spiro atoms. The van der Waals surface area contributed by atoms with Gasteiger partial charge in [-0.2, -0.15) is 0 Å². The second kappa shape index (κ2) is 16.1. The Kier molecular flexibility index (Phi) is 10.4. The number of pyridine rings is 4. The fourth-order valence-electron chi connectivity index (χ4n) is 5.11. The van der Waals surface area contributed by atoms with E-state index in [1.807, 2.05) is 48.5 Å². The largest absolute Gasteiger partial charge is 0.324 e. The summed E-state index contributed by atoms with van der Waals surface area (Å²) in [6.45, 7) is 0. The highest BCUT2D eigenvalue weighted by molar-refractivity contribution is 5.99. The first-order valence-corrected chi connectivity index (χ1v) is 16.5. The van der Waals surface area contributed by atoms with Gasteiger partial charge in [0.25, 0.3) is 0 Å². The van der Waals surface area contributed by atoms with Crippen molar-refractivity contribution >= 4 is 29.3 Å². The highest BCUT2D eigenvalue weighted by Gasteiger charge is 2.30. The summed E-state index contributed by atoms with van der Waals surface area (Å²) in [6.07, 6.45) is 16.8. The van der Waals surface area contributed by atoms with Gasteiger partial charge < -0.3 is 10.6 Å². The van der Waals surface area contributed by atoms with Gasteiger partial charge >= 0.3 is 6.03 Å². The Balaban J connectivity index is 0.000000167. The lowest BCUT2D eigenvalue weighted by Crippen LogP contribution is -2.20. The van der Waals surface area contributed by atoms with Crippen molar-refractivity contribution in [1.29, 1.82) is 0 Å². The van der Waals surface area contributed by atoms with Crippen molar-refractivity contribution in [2.75, 3.05) is 16.0 Å². The number of amides is 3. The molecule has 53 heavy (non-hydrogen) atoms. The third-order valence-electron chi connectivity index (χ3n) is 7.84. The number of halogens is 1. The summed E-state index contributed by atoms with van der Waals surface area (Å²) in [6, 6.07) is 21.6. The SMILES string of the molecule is O=C(Nc1ccc(F)cc1)Nc1cnc(-c2ccncc2)c(-c2ccccn2)n1.O=C(Nc1cnc(-c2ccncc2)c(-c2cccnc2)n1)C1CC1. The number of urea groups is 1. The summed E-state index contributed by atoms with van der Waals surface area (Å²) in [5.41, 5.74) is 6.22. The molecule has 6 heterocycles. The van der Waals surface area contributed by atoms with Crippen LogP contribution < -0.4 is 16.0 Å². The van der Waals surface area contributed by atoms with E-state index in [-0.39, 0.29) is 23.5 Å². The monoisotopic (exact) mass is 703 g/mol. The Morgan fingerprint density at radius 3 is 1.79 bits per heavy atom. The Bertz CT molecular complexity index is 2310. The number of aromatic nitrogens is 8. The summed E-state index contributed by atoms with van der Waals surface area (Å²) < 4.78 is 13.0. The topological polar surface area (TPSA) is 173 Å². The molecule has 3 N–H and O–H groups in total. The molecule has 6 aromatic heterocycles. The molecule has 3 amide bonds. The minimum atomic E-state index is -0.519. The first-order chi connectivity index (χ1) is 26.0. The molecular weight excluding hydrogens is 674 g/mol. The van der Waals surface area contributed by atoms with E-state index in [4.69, 9.17) is 0 Å². The molecule has 7 aromatic rings.